The topological polar surface area (TPSA) is 35.2 Å². The van der Waals surface area contributed by atoms with E-state index in [4.69, 9.17) is 10.5 Å². The van der Waals surface area contributed by atoms with Crippen LogP contribution in [0.25, 0.3) is 0 Å². The van der Waals surface area contributed by atoms with Crippen LogP contribution in [0.1, 0.15) is 44.9 Å². The first-order valence-electron chi connectivity index (χ1n) is 5.89. The van der Waals surface area contributed by atoms with E-state index in [1.54, 1.807) is 5.57 Å². The van der Waals surface area contributed by atoms with Gasteiger partial charge in [0.15, 0.2) is 0 Å². The van der Waals surface area contributed by atoms with Crippen molar-refractivity contribution in [2.75, 3.05) is 6.61 Å². The average molecular weight is 195 g/mol. The van der Waals surface area contributed by atoms with Crippen molar-refractivity contribution in [2.24, 2.45) is 5.73 Å². The number of ether oxygens (including phenoxy) is 1. The highest BCUT2D eigenvalue weighted by molar-refractivity contribution is 5.07. The van der Waals surface area contributed by atoms with Crippen LogP contribution < -0.4 is 5.73 Å². The molecule has 2 aliphatic rings. The highest BCUT2D eigenvalue weighted by Crippen LogP contribution is 2.24. The normalized spacial score (nSPS) is 33.1. The van der Waals surface area contributed by atoms with Crippen LogP contribution in [0.4, 0.5) is 0 Å². The summed E-state index contributed by atoms with van der Waals surface area (Å²) in [7, 11) is 0. The number of allylic oxidation sites excluding steroid dienone is 1. The number of rotatable bonds is 3. The molecule has 2 heteroatoms. The van der Waals surface area contributed by atoms with Gasteiger partial charge in [0.2, 0.25) is 0 Å². The second-order valence-corrected chi connectivity index (χ2v) is 4.57. The predicted octanol–water partition coefficient (Wildman–Crippen LogP) is 2.38. The average Bonchev–Trinajstić information content (AvgIpc) is 2.70. The van der Waals surface area contributed by atoms with Crippen molar-refractivity contribution in [2.45, 2.75) is 57.1 Å². The first-order chi connectivity index (χ1) is 6.84. The molecule has 0 aromatic rings. The van der Waals surface area contributed by atoms with Crippen LogP contribution in [0.15, 0.2) is 11.6 Å². The monoisotopic (exact) mass is 195 g/mol. The molecule has 1 fully saturated rings. The smallest absolute Gasteiger partial charge is 0.0579 e. The molecule has 0 aromatic heterocycles. The molecule has 1 saturated heterocycles. The maximum absolute atomic E-state index is 5.85. The molecule has 1 heterocycles. The second-order valence-electron chi connectivity index (χ2n) is 4.57. The summed E-state index contributed by atoms with van der Waals surface area (Å²) in [5, 5.41) is 0. The summed E-state index contributed by atoms with van der Waals surface area (Å²) in [5.41, 5.74) is 7.46. The molecule has 2 unspecified atom stereocenters. The number of nitrogens with two attached hydrogens (primary N) is 1. The molecule has 0 saturated carbocycles. The zero-order chi connectivity index (χ0) is 9.80. The minimum Gasteiger partial charge on any atom is -0.378 e. The van der Waals surface area contributed by atoms with Crippen molar-refractivity contribution >= 4 is 0 Å². The van der Waals surface area contributed by atoms with E-state index < -0.39 is 0 Å². The van der Waals surface area contributed by atoms with Gasteiger partial charge in [0.05, 0.1) is 6.10 Å². The summed E-state index contributed by atoms with van der Waals surface area (Å²) in [6.45, 7) is 0.981. The van der Waals surface area contributed by atoms with Crippen LogP contribution in [0.2, 0.25) is 0 Å². The van der Waals surface area contributed by atoms with E-state index in [0.29, 0.717) is 12.1 Å². The Balaban J connectivity index is 1.69. The molecule has 1 aliphatic carbocycles. The Kier molecular flexibility index (Phi) is 3.60. The third kappa shape index (κ3) is 2.82. The van der Waals surface area contributed by atoms with Gasteiger partial charge in [-0.05, 0) is 44.9 Å². The van der Waals surface area contributed by atoms with Crippen LogP contribution >= 0.6 is 0 Å². The lowest BCUT2D eigenvalue weighted by molar-refractivity contribution is 0.104. The SMILES string of the molecule is NC1CC=C(CCC2CCCO2)CC1. The largest absolute Gasteiger partial charge is 0.378 e. The van der Waals surface area contributed by atoms with Gasteiger partial charge in [0.1, 0.15) is 0 Å². The molecule has 2 atom stereocenters. The molecule has 0 bridgehead atoms. The standard InChI is InChI=1S/C12H21NO/c13-11-6-3-10(4-7-11)5-8-12-2-1-9-14-12/h3,11-12H,1-2,4-9,13H2. The van der Waals surface area contributed by atoms with Crippen LogP contribution in [-0.2, 0) is 4.74 Å². The summed E-state index contributed by atoms with van der Waals surface area (Å²) in [5.74, 6) is 0. The van der Waals surface area contributed by atoms with Crippen molar-refractivity contribution in [3.05, 3.63) is 11.6 Å². The minimum atomic E-state index is 0.418. The van der Waals surface area contributed by atoms with E-state index in [1.807, 2.05) is 0 Å². The Morgan fingerprint density at radius 2 is 2.36 bits per heavy atom. The Labute approximate surface area is 86.5 Å². The zero-order valence-electron chi connectivity index (χ0n) is 8.87. The lowest BCUT2D eigenvalue weighted by atomic mass is 9.92. The van der Waals surface area contributed by atoms with Crippen LogP contribution in [-0.4, -0.2) is 18.8 Å². The van der Waals surface area contributed by atoms with Crippen molar-refractivity contribution in [1.29, 1.82) is 0 Å². The molecule has 0 radical (unpaired) electrons. The van der Waals surface area contributed by atoms with E-state index in [1.165, 1.54) is 38.5 Å². The third-order valence-corrected chi connectivity index (χ3v) is 3.36. The van der Waals surface area contributed by atoms with Gasteiger partial charge in [-0.2, -0.15) is 0 Å². The van der Waals surface area contributed by atoms with Gasteiger partial charge >= 0.3 is 0 Å². The van der Waals surface area contributed by atoms with E-state index in [2.05, 4.69) is 6.08 Å². The lowest BCUT2D eigenvalue weighted by Gasteiger charge is -2.19. The maximum atomic E-state index is 5.85. The van der Waals surface area contributed by atoms with Gasteiger partial charge in [-0.15, -0.1) is 0 Å². The molecule has 1 aliphatic heterocycles. The lowest BCUT2D eigenvalue weighted by Crippen LogP contribution is -2.21. The van der Waals surface area contributed by atoms with Crippen molar-refractivity contribution in [3.63, 3.8) is 0 Å². The molecule has 0 amide bonds. The fraction of sp³-hybridized carbons (Fsp3) is 0.833. The van der Waals surface area contributed by atoms with Crippen molar-refractivity contribution < 1.29 is 4.74 Å². The highest BCUT2D eigenvalue weighted by Gasteiger charge is 2.16. The predicted molar refractivity (Wildman–Crippen MR) is 58.1 cm³/mol. The third-order valence-electron chi connectivity index (χ3n) is 3.36. The quantitative estimate of drug-likeness (QED) is 0.702. The minimum absolute atomic E-state index is 0.418. The molecular formula is C12H21NO. The van der Waals surface area contributed by atoms with E-state index >= 15 is 0 Å². The first kappa shape index (κ1) is 10.2. The Morgan fingerprint density at radius 1 is 1.43 bits per heavy atom. The molecular weight excluding hydrogens is 174 g/mol. The fourth-order valence-corrected chi connectivity index (χ4v) is 2.35. The molecule has 80 valence electrons. The zero-order valence-corrected chi connectivity index (χ0v) is 8.87. The Morgan fingerprint density at radius 3 is 3.00 bits per heavy atom. The van der Waals surface area contributed by atoms with Gasteiger partial charge in [0.25, 0.3) is 0 Å². The Hall–Kier alpha value is -0.340. The first-order valence-corrected chi connectivity index (χ1v) is 5.89. The number of hydrogen-bond donors (Lipinski definition) is 1. The Bertz CT molecular complexity index is 206. The molecule has 2 N–H and O–H groups in total. The molecule has 14 heavy (non-hydrogen) atoms. The summed E-state index contributed by atoms with van der Waals surface area (Å²) in [4.78, 5) is 0. The van der Waals surface area contributed by atoms with E-state index in [0.717, 1.165) is 13.0 Å². The van der Waals surface area contributed by atoms with Crippen LogP contribution in [0.3, 0.4) is 0 Å². The molecule has 2 rings (SSSR count). The van der Waals surface area contributed by atoms with Crippen LogP contribution in [0, 0.1) is 0 Å². The summed E-state index contributed by atoms with van der Waals surface area (Å²) < 4.78 is 5.61. The fourth-order valence-electron chi connectivity index (χ4n) is 2.35. The van der Waals surface area contributed by atoms with Crippen molar-refractivity contribution in [3.8, 4) is 0 Å². The molecule has 0 aromatic carbocycles. The second kappa shape index (κ2) is 4.94. The summed E-state index contributed by atoms with van der Waals surface area (Å²) in [6, 6.07) is 0.418. The summed E-state index contributed by atoms with van der Waals surface area (Å²) >= 11 is 0. The van der Waals surface area contributed by atoms with Gasteiger partial charge < -0.3 is 10.5 Å². The van der Waals surface area contributed by atoms with Gasteiger partial charge in [0, 0.05) is 12.6 Å². The van der Waals surface area contributed by atoms with E-state index in [9.17, 15) is 0 Å². The van der Waals surface area contributed by atoms with Gasteiger partial charge in [-0.1, -0.05) is 11.6 Å². The maximum Gasteiger partial charge on any atom is 0.0579 e. The van der Waals surface area contributed by atoms with Gasteiger partial charge in [-0.3, -0.25) is 0 Å². The molecule has 2 nitrogen and oxygen atoms in total. The number of hydrogen-bond acceptors (Lipinski definition) is 2. The summed E-state index contributed by atoms with van der Waals surface area (Å²) in [6.07, 6.45) is 11.4. The van der Waals surface area contributed by atoms with E-state index in [-0.39, 0.29) is 0 Å². The molecule has 0 spiro atoms. The van der Waals surface area contributed by atoms with Crippen LogP contribution in [0.5, 0.6) is 0 Å². The highest BCUT2D eigenvalue weighted by atomic mass is 16.5. The van der Waals surface area contributed by atoms with Crippen molar-refractivity contribution in [1.82, 2.24) is 0 Å². The van der Waals surface area contributed by atoms with Gasteiger partial charge in [-0.25, -0.2) is 0 Å².